The van der Waals surface area contributed by atoms with Gasteiger partial charge in [-0.1, -0.05) is 91.6 Å². The zero-order valence-corrected chi connectivity index (χ0v) is 27.7. The fraction of sp³-hybridized carbons (Fsp3) is 0.182. The van der Waals surface area contributed by atoms with Gasteiger partial charge in [0.25, 0.3) is 8.32 Å². The molecule has 4 rings (SSSR count). The van der Waals surface area contributed by atoms with E-state index in [4.69, 9.17) is 32.4 Å². The molecule has 11 heteroatoms. The molecular weight excluding hydrogens is 639 g/mol. The van der Waals surface area contributed by atoms with Crippen molar-refractivity contribution in [3.63, 3.8) is 0 Å². The predicted molar refractivity (Wildman–Crippen MR) is 178 cm³/mol. The minimum absolute atomic E-state index is 0.00810. The average Bonchev–Trinajstić information content (AvgIpc) is 3.03. The van der Waals surface area contributed by atoms with Crippen LogP contribution < -0.4 is 14.3 Å². The zero-order valence-electron chi connectivity index (χ0n) is 24.3. The summed E-state index contributed by atoms with van der Waals surface area (Å²) in [4.78, 5) is 11.5. The van der Waals surface area contributed by atoms with Crippen LogP contribution in [0.25, 0.3) is 17.2 Å². The van der Waals surface area contributed by atoms with E-state index in [2.05, 4.69) is 26.0 Å². The van der Waals surface area contributed by atoms with E-state index >= 15 is 0 Å². The molecule has 0 fully saturated rings. The second-order valence-electron chi connectivity index (χ2n) is 10.0. The van der Waals surface area contributed by atoms with Crippen LogP contribution in [0.3, 0.4) is 0 Å². The summed E-state index contributed by atoms with van der Waals surface area (Å²) in [6, 6.07) is 26.0. The van der Waals surface area contributed by atoms with Crippen LogP contribution >= 0.6 is 23.2 Å². The smallest absolute Gasteiger partial charge is 0.339 e. The molecule has 7 nitrogen and oxygen atoms in total. The highest BCUT2D eigenvalue weighted by atomic mass is 35.5. The maximum atomic E-state index is 13.2. The Morgan fingerprint density at radius 2 is 1.61 bits per heavy atom. The van der Waals surface area contributed by atoms with E-state index in [1.807, 2.05) is 18.2 Å². The Bertz CT molecular complexity index is 1770. The van der Waals surface area contributed by atoms with Gasteiger partial charge in [-0.2, -0.15) is 0 Å². The average molecular weight is 672 g/mol. The molecule has 1 unspecified atom stereocenters. The Balaban J connectivity index is 1.56. The van der Waals surface area contributed by atoms with Gasteiger partial charge in [0, 0.05) is 16.5 Å². The SMILES string of the molecule is CC[Si](CC)(Oc1ccc(C(Cl)S(=O)(=O)/C=C/c2ccc(O)c(-c3ccc(C(=O)O)c(OC)c3Cl)c2)cc1)c1ccccc1. The number of aromatic carboxylic acids is 1. The van der Waals surface area contributed by atoms with Gasteiger partial charge < -0.3 is 19.4 Å². The fourth-order valence-corrected chi connectivity index (χ4v) is 9.75. The molecule has 0 aromatic heterocycles. The normalized spacial score (nSPS) is 12.7. The minimum Gasteiger partial charge on any atom is -0.539 e. The monoisotopic (exact) mass is 670 g/mol. The molecule has 4 aromatic rings. The van der Waals surface area contributed by atoms with Crippen molar-refractivity contribution >= 4 is 58.6 Å². The van der Waals surface area contributed by atoms with Gasteiger partial charge in [-0.15, -0.1) is 0 Å². The van der Waals surface area contributed by atoms with Crippen molar-refractivity contribution in [1.29, 1.82) is 0 Å². The molecule has 4 aromatic carbocycles. The number of carboxylic acid groups (broad SMARTS) is 1. The van der Waals surface area contributed by atoms with Gasteiger partial charge in [-0.3, -0.25) is 0 Å². The lowest BCUT2D eigenvalue weighted by molar-refractivity contribution is 0.0693. The number of phenols is 1. The Morgan fingerprint density at radius 3 is 2.20 bits per heavy atom. The number of hydrogen-bond donors (Lipinski definition) is 2. The van der Waals surface area contributed by atoms with Crippen molar-refractivity contribution < 1.29 is 32.6 Å². The summed E-state index contributed by atoms with van der Waals surface area (Å²) in [6.45, 7) is 4.25. The summed E-state index contributed by atoms with van der Waals surface area (Å²) < 4.78 is 36.8. The maximum Gasteiger partial charge on any atom is 0.339 e. The molecule has 0 amide bonds. The number of alkyl halides is 1. The quantitative estimate of drug-likeness (QED) is 0.116. The van der Waals surface area contributed by atoms with Crippen LogP contribution in [0.15, 0.2) is 90.3 Å². The van der Waals surface area contributed by atoms with E-state index in [1.165, 1.54) is 48.7 Å². The van der Waals surface area contributed by atoms with Gasteiger partial charge in [0.05, 0.1) is 12.1 Å². The lowest BCUT2D eigenvalue weighted by Crippen LogP contribution is -2.52. The molecule has 2 N–H and O–H groups in total. The second-order valence-corrected chi connectivity index (χ2v) is 17.2. The largest absolute Gasteiger partial charge is 0.539 e. The van der Waals surface area contributed by atoms with Crippen molar-refractivity contribution in [2.75, 3.05) is 7.11 Å². The Kier molecular flexibility index (Phi) is 10.5. The highest BCUT2D eigenvalue weighted by Gasteiger charge is 2.35. The number of sulfone groups is 1. The molecule has 0 radical (unpaired) electrons. The number of carboxylic acids is 1. The number of aromatic hydroxyl groups is 1. The highest BCUT2D eigenvalue weighted by Crippen LogP contribution is 2.41. The number of methoxy groups -OCH3 is 1. The highest BCUT2D eigenvalue weighted by molar-refractivity contribution is 7.95. The third-order valence-electron chi connectivity index (χ3n) is 7.48. The van der Waals surface area contributed by atoms with E-state index in [-0.39, 0.29) is 27.6 Å². The predicted octanol–water partition coefficient (Wildman–Crippen LogP) is 8.01. The van der Waals surface area contributed by atoms with E-state index in [1.54, 1.807) is 24.3 Å². The first-order valence-corrected chi connectivity index (χ1v) is 18.5. The molecule has 0 saturated carbocycles. The first-order valence-electron chi connectivity index (χ1n) is 13.8. The molecule has 0 aliphatic carbocycles. The van der Waals surface area contributed by atoms with Crippen LogP contribution in [0.5, 0.6) is 17.2 Å². The van der Waals surface area contributed by atoms with Crippen molar-refractivity contribution in [2.24, 2.45) is 0 Å². The molecule has 1 atom stereocenters. The number of benzene rings is 4. The first kappa shape index (κ1) is 33.1. The van der Waals surface area contributed by atoms with Crippen LogP contribution in [0.4, 0.5) is 0 Å². The first-order chi connectivity index (χ1) is 21.0. The van der Waals surface area contributed by atoms with Gasteiger partial charge in [0.2, 0.25) is 0 Å². The molecule has 0 heterocycles. The number of halogens is 2. The third kappa shape index (κ3) is 6.97. The molecule has 0 saturated heterocycles. The second kappa shape index (κ2) is 13.9. The van der Waals surface area contributed by atoms with Gasteiger partial charge in [0.15, 0.2) is 20.3 Å². The van der Waals surface area contributed by atoms with E-state index in [0.717, 1.165) is 17.5 Å². The van der Waals surface area contributed by atoms with E-state index < -0.39 is 28.8 Å². The molecule has 0 bridgehead atoms. The van der Waals surface area contributed by atoms with Crippen LogP contribution in [-0.2, 0) is 9.84 Å². The van der Waals surface area contributed by atoms with Crippen LogP contribution in [-0.4, -0.2) is 40.0 Å². The maximum absolute atomic E-state index is 13.2. The summed E-state index contributed by atoms with van der Waals surface area (Å²) in [6.07, 6.45) is 1.37. The molecule has 230 valence electrons. The minimum atomic E-state index is -3.95. The zero-order chi connectivity index (χ0) is 32.1. The van der Waals surface area contributed by atoms with E-state index in [0.29, 0.717) is 22.4 Å². The van der Waals surface area contributed by atoms with Crippen LogP contribution in [0, 0.1) is 0 Å². The third-order valence-corrected chi connectivity index (χ3v) is 14.5. The fourth-order valence-electron chi connectivity index (χ4n) is 4.95. The topological polar surface area (TPSA) is 110 Å². The Labute approximate surface area is 268 Å². The Hall–Kier alpha value is -3.76. The Morgan fingerprint density at radius 1 is 0.955 bits per heavy atom. The van der Waals surface area contributed by atoms with Crippen molar-refractivity contribution in [3.05, 3.63) is 112 Å². The van der Waals surface area contributed by atoms with Crippen molar-refractivity contribution in [2.45, 2.75) is 30.6 Å². The summed E-state index contributed by atoms with van der Waals surface area (Å²) in [5.41, 5.74) is 1.27. The molecule has 44 heavy (non-hydrogen) atoms. The molecule has 0 spiro atoms. The lowest BCUT2D eigenvalue weighted by Gasteiger charge is -2.30. The summed E-state index contributed by atoms with van der Waals surface area (Å²) >= 11 is 12.9. The van der Waals surface area contributed by atoms with Crippen molar-refractivity contribution in [1.82, 2.24) is 0 Å². The summed E-state index contributed by atoms with van der Waals surface area (Å²) in [5.74, 6) is -0.755. The van der Waals surface area contributed by atoms with Crippen LogP contribution in [0.1, 0.15) is 40.0 Å². The van der Waals surface area contributed by atoms with Gasteiger partial charge in [-0.05, 0) is 64.8 Å². The number of phenolic OH excluding ortho intramolecular Hbond substituents is 1. The molecule has 0 aliphatic heterocycles. The molecular formula is C33H32Cl2O7SSi. The van der Waals surface area contributed by atoms with Gasteiger partial charge >= 0.3 is 5.97 Å². The molecule has 0 aliphatic rings. The number of carbonyl (C=O) groups is 1. The van der Waals surface area contributed by atoms with Crippen LogP contribution in [0.2, 0.25) is 17.1 Å². The van der Waals surface area contributed by atoms with Crippen molar-refractivity contribution in [3.8, 4) is 28.4 Å². The number of hydrogen-bond acceptors (Lipinski definition) is 6. The standard InChI is InChI=1S/C33H32Cl2O7SSi/c1-4-44(5-2,25-9-7-6-8-10-25)42-24-14-12-23(13-15-24)32(35)43(39,40)20-19-22-11-18-29(36)28(21-22)26-16-17-27(33(37)38)31(41-3)30(26)34/h6-21,32,36H,4-5H2,1-3H3,(H,37,38)/b20-19+. The summed E-state index contributed by atoms with van der Waals surface area (Å²) in [7, 11) is -4.93. The number of rotatable bonds is 12. The number of ether oxygens (including phenoxy) is 1. The summed E-state index contributed by atoms with van der Waals surface area (Å²) in [5, 5.41) is 22.1. The van der Waals surface area contributed by atoms with Gasteiger partial charge in [0.1, 0.15) is 17.1 Å². The van der Waals surface area contributed by atoms with Gasteiger partial charge in [-0.25, -0.2) is 13.2 Å². The lowest BCUT2D eigenvalue weighted by atomic mass is 9.99. The van der Waals surface area contributed by atoms with E-state index in [9.17, 15) is 23.4 Å².